The van der Waals surface area contributed by atoms with Crippen LogP contribution in [0.3, 0.4) is 0 Å². The molecule has 14 aliphatic rings. The topological polar surface area (TPSA) is 337 Å². The van der Waals surface area contributed by atoms with Gasteiger partial charge in [0, 0.05) is 149 Å². The second-order valence-electron chi connectivity index (χ2n) is 31.7. The number of carbonyl (C=O) groups excluding carboxylic acids is 3. The Morgan fingerprint density at radius 3 is 1.26 bits per heavy atom. The van der Waals surface area contributed by atoms with Gasteiger partial charge in [0.1, 0.15) is 50.4 Å². The Morgan fingerprint density at radius 2 is 0.875 bits per heavy atom. The summed E-state index contributed by atoms with van der Waals surface area (Å²) in [5.74, 6) is 6.63. The van der Waals surface area contributed by atoms with E-state index in [0.717, 1.165) is 128 Å². The second-order valence-corrected chi connectivity index (χ2v) is 32.7. The molecule has 0 radical (unpaired) electrons. The summed E-state index contributed by atoms with van der Waals surface area (Å²) < 4.78 is 5.92. The molecule has 23 rings (SSSR count). The van der Waals surface area contributed by atoms with Gasteiger partial charge in [-0.25, -0.2) is 34.9 Å². The predicted molar refractivity (Wildman–Crippen MR) is 390 cm³/mol. The third-order valence-corrected chi connectivity index (χ3v) is 24.9. The number of rotatable bonds is 18. The fraction of sp³-hybridized carbons (Fsp3) is 0.545. The van der Waals surface area contributed by atoms with Crippen molar-refractivity contribution >= 4 is 97.3 Å². The Kier molecular flexibility index (Phi) is 19.7. The number of aromatic nitrogens is 15. The van der Waals surface area contributed by atoms with Crippen molar-refractivity contribution < 1.29 is 24.2 Å². The number of aliphatic hydroxyl groups excluding tert-OH is 1. The smallest absolute Gasteiger partial charge is 0.319 e. The molecule has 104 heavy (non-hydrogen) atoms. The van der Waals surface area contributed by atoms with Crippen LogP contribution in [0.15, 0.2) is 74.0 Å². The van der Waals surface area contributed by atoms with Crippen molar-refractivity contribution in [2.75, 3.05) is 49.2 Å². The molecule has 2 saturated heterocycles. The van der Waals surface area contributed by atoms with Crippen molar-refractivity contribution in [3.05, 3.63) is 123 Å². The lowest BCUT2D eigenvalue weighted by Crippen LogP contribution is -2.52. The van der Waals surface area contributed by atoms with Crippen LogP contribution in [-0.4, -0.2) is 137 Å². The molecule has 11 heterocycles. The molecule has 27 heteroatoms. The molecular weight excluding hydrogens is 1380 g/mol. The SMILES string of the molecule is N#C[C@@H]1C[C@@H]1CO.N#C[C@@H]1C[C@@H]1COc1nc(C(=O)CC23CC(C2)C3)cc(N2CCC(c3c[nH]c4nccnc34)CC2)n1.O=C(CC12CC(C1)C2)c1cc(Cl)nc(Cl)n1.O=C(CC12CC(C1)C2)c1cc(N2CCC(c3c[nH]c4nccnc34)CC2)nc(Cl)n1.c1cnc2c(C3CCCCC3)c[nH]c2n1. The molecule has 0 amide bonds. The summed E-state index contributed by atoms with van der Waals surface area (Å²) in [6, 6.07) is 9.80. The number of piperidine rings is 2. The molecule has 12 saturated carbocycles. The number of H-pyrrole nitrogens is 3. The number of anilines is 2. The lowest BCUT2D eigenvalue weighted by molar-refractivity contribution is -0.104. The Labute approximate surface area is 617 Å². The maximum absolute atomic E-state index is 13.2. The van der Waals surface area contributed by atoms with Gasteiger partial charge in [-0.3, -0.25) is 29.3 Å². The molecule has 24 nitrogen and oxygen atoms in total. The van der Waals surface area contributed by atoms with Gasteiger partial charge in [0.2, 0.25) is 10.6 Å². The second kappa shape index (κ2) is 29.3. The minimum absolute atomic E-state index is 0.0318. The first kappa shape index (κ1) is 69.7. The zero-order valence-electron chi connectivity index (χ0n) is 58.1. The third kappa shape index (κ3) is 15.0. The number of Topliss-reactive ketones (excluding diaryl/α,β-unsaturated/α-hetero) is 3. The highest BCUT2D eigenvalue weighted by atomic mass is 35.5. The van der Waals surface area contributed by atoms with E-state index in [-0.39, 0.29) is 79.7 Å². The van der Waals surface area contributed by atoms with Crippen LogP contribution in [-0.2, 0) is 0 Å². The van der Waals surface area contributed by atoms with Gasteiger partial charge in [-0.1, -0.05) is 30.9 Å². The number of nitrogens with one attached hydrogen (secondary N) is 3. The third-order valence-electron chi connectivity index (χ3n) is 24.4. The van der Waals surface area contributed by atoms with Gasteiger partial charge in [-0.2, -0.15) is 20.5 Å². The maximum atomic E-state index is 13.2. The van der Waals surface area contributed by atoms with E-state index in [9.17, 15) is 14.4 Å². The van der Waals surface area contributed by atoms with E-state index in [1.165, 1.54) is 113 Å². The van der Waals surface area contributed by atoms with E-state index < -0.39 is 0 Å². The van der Waals surface area contributed by atoms with Gasteiger partial charge in [0.25, 0.3) is 0 Å². The van der Waals surface area contributed by atoms with Crippen molar-refractivity contribution in [2.45, 2.75) is 165 Å². The van der Waals surface area contributed by atoms with Crippen LogP contribution >= 0.6 is 34.8 Å². The van der Waals surface area contributed by atoms with Crippen LogP contribution in [0, 0.1) is 80.3 Å². The van der Waals surface area contributed by atoms with Crippen LogP contribution in [0.1, 0.15) is 214 Å². The van der Waals surface area contributed by atoms with Crippen LogP contribution in [0.2, 0.25) is 15.7 Å². The number of hydrogen-bond acceptors (Lipinski definition) is 21. The van der Waals surface area contributed by atoms with Gasteiger partial charge in [-0.15, -0.1) is 0 Å². The number of ketones is 3. The molecule has 0 aromatic carbocycles. The van der Waals surface area contributed by atoms with E-state index in [1.54, 1.807) is 37.2 Å². The standard InChI is InChI=1S/C27H29N7O2.C22H23ClN6O.C12H15N3.C11H10Cl2N2O.C5H7NO/c28-13-18-7-19(18)15-36-26-32-21(22(35)12-27-9-16(10-27)11-27)8-23(33-26)34-5-1-17(2-6-34)20-14-31-25-24(20)29-3-4-30-25;23-21-27-16(17(30)11-22-8-13(9-22)10-22)7-18(28-21)29-5-1-14(2-6-29)15-12-26-20-19(15)24-3-4-25-20;1-2-4-9(5-3-1)10-8-15-12-11(10)13-6-7-14-12;12-9-1-7(14-10(13)15-9)8(16)5-11-2-6(3-11)4-11;6-2-4-1-5(4)3-7/h3-4,8,14,16-19H,1-2,5-7,9-12,15H2,(H,30,31);3-4,7,12-14H,1-2,5-6,8-11H2,(H,25,26);6-9H,1-5H2,(H,14,15);1,6H,2-5H2;4-5,7H,1,3H2/t16?,18-,19+,27?;;;;4-,5+/m0...0/s1. The van der Waals surface area contributed by atoms with E-state index in [2.05, 4.69) is 97.9 Å². The molecule has 0 unspecified atom stereocenters. The zero-order chi connectivity index (χ0) is 71.3. The number of aliphatic hydroxyl groups is 1. The van der Waals surface area contributed by atoms with Gasteiger partial charge in [0.15, 0.2) is 34.3 Å². The van der Waals surface area contributed by atoms with E-state index in [1.807, 2.05) is 24.5 Å². The largest absolute Gasteiger partial charge is 0.463 e. The summed E-state index contributed by atoms with van der Waals surface area (Å²) in [7, 11) is 0. The van der Waals surface area contributed by atoms with Crippen molar-refractivity contribution in [3.8, 4) is 18.1 Å². The summed E-state index contributed by atoms with van der Waals surface area (Å²) >= 11 is 17.6. The minimum atomic E-state index is 0.0318. The van der Waals surface area contributed by atoms with Gasteiger partial charge in [0.05, 0.1) is 30.6 Å². The summed E-state index contributed by atoms with van der Waals surface area (Å²) in [4.78, 5) is 104. The van der Waals surface area contributed by atoms with Crippen molar-refractivity contribution in [2.24, 2.45) is 57.7 Å². The number of halogens is 3. The number of hydrogen-bond donors (Lipinski definition) is 4. The minimum Gasteiger partial charge on any atom is -0.463 e. The number of nitriles is 2. The molecule has 9 aromatic heterocycles. The molecule has 14 fully saturated rings. The first-order valence-electron chi connectivity index (χ1n) is 37.2. The van der Waals surface area contributed by atoms with E-state index in [0.29, 0.717) is 66.6 Å². The van der Waals surface area contributed by atoms with Crippen LogP contribution in [0.4, 0.5) is 11.6 Å². The molecule has 538 valence electrons. The Bertz CT molecular complexity index is 4710. The maximum Gasteiger partial charge on any atom is 0.319 e. The van der Waals surface area contributed by atoms with E-state index in [4.69, 9.17) is 60.2 Å². The van der Waals surface area contributed by atoms with E-state index >= 15 is 0 Å². The Balaban J connectivity index is 0.000000109. The average molecular weight is 1460 g/mol. The fourth-order valence-electron chi connectivity index (χ4n) is 18.1. The highest BCUT2D eigenvalue weighted by molar-refractivity contribution is 6.32. The van der Waals surface area contributed by atoms with Gasteiger partial charge in [-0.05, 0) is 190 Å². The quantitative estimate of drug-likeness (QED) is 0.0352. The number of fused-ring (bicyclic) bond motifs is 3. The lowest BCUT2D eigenvalue weighted by Gasteiger charge is -2.61. The molecule has 2 aliphatic heterocycles. The summed E-state index contributed by atoms with van der Waals surface area (Å²) in [6.45, 7) is 3.97. The molecule has 6 bridgehead atoms. The molecular formula is C77H84Cl3N19O5. The van der Waals surface area contributed by atoms with Crippen LogP contribution in [0.5, 0.6) is 6.01 Å². The van der Waals surface area contributed by atoms with Gasteiger partial charge >= 0.3 is 6.01 Å². The number of aromatic amines is 3. The number of nitrogens with zero attached hydrogens (tertiary/aromatic N) is 16. The first-order chi connectivity index (χ1) is 50.6. The highest BCUT2D eigenvalue weighted by Crippen LogP contribution is 2.68. The van der Waals surface area contributed by atoms with Crippen molar-refractivity contribution in [1.82, 2.24) is 74.8 Å². The number of ether oxygens (including phenoxy) is 1. The van der Waals surface area contributed by atoms with Crippen LogP contribution in [0.25, 0.3) is 33.5 Å². The molecule has 0 spiro atoms. The predicted octanol–water partition coefficient (Wildman–Crippen LogP) is 14.5. The summed E-state index contributed by atoms with van der Waals surface area (Å²) in [6.07, 6.45) is 41.5. The van der Waals surface area contributed by atoms with Gasteiger partial charge < -0.3 is 34.6 Å². The Hall–Kier alpha value is -8.68. The first-order valence-corrected chi connectivity index (χ1v) is 38.3. The summed E-state index contributed by atoms with van der Waals surface area (Å²) in [5.41, 5.74) is 11.4. The zero-order valence-corrected chi connectivity index (χ0v) is 60.3. The highest BCUT2D eigenvalue weighted by Gasteiger charge is 2.59. The molecule has 4 atom stereocenters. The number of carbonyl (C=O) groups is 3. The van der Waals surface area contributed by atoms with Crippen LogP contribution < -0.4 is 14.5 Å². The van der Waals surface area contributed by atoms with Crippen molar-refractivity contribution in [1.29, 1.82) is 10.5 Å². The normalized spacial score (nSPS) is 27.2. The Morgan fingerprint density at radius 1 is 0.490 bits per heavy atom. The molecule has 12 aliphatic carbocycles. The monoisotopic (exact) mass is 1460 g/mol. The fourth-order valence-corrected chi connectivity index (χ4v) is 18.7. The summed E-state index contributed by atoms with van der Waals surface area (Å²) in [5, 5.41) is 26.0. The molecule has 4 N–H and O–H groups in total. The lowest BCUT2D eigenvalue weighted by atomic mass is 9.43. The van der Waals surface area contributed by atoms with Crippen molar-refractivity contribution in [3.63, 3.8) is 0 Å². The average Bonchev–Trinajstić information content (AvgIpc) is 1.11. The molecule has 9 aromatic rings.